The molecule has 0 spiro atoms. The molecule has 0 aliphatic carbocycles. The van der Waals surface area contributed by atoms with Gasteiger partial charge in [0.05, 0.1) is 15.1 Å². The van der Waals surface area contributed by atoms with Crippen molar-refractivity contribution in [3.8, 4) is 5.75 Å². The van der Waals surface area contributed by atoms with Crippen molar-refractivity contribution in [3.63, 3.8) is 0 Å². The van der Waals surface area contributed by atoms with Crippen LogP contribution < -0.4 is 0 Å². The molecule has 68 valence electrons. The molecule has 0 heterocycles. The van der Waals surface area contributed by atoms with Gasteiger partial charge in [-0.25, -0.2) is 0 Å². The summed E-state index contributed by atoms with van der Waals surface area (Å²) in [5.41, 5.74) is 0. The van der Waals surface area contributed by atoms with Gasteiger partial charge in [-0.15, -0.1) is 0 Å². The number of benzene rings is 1. The summed E-state index contributed by atoms with van der Waals surface area (Å²) in [5.74, 6) is -0.363. The smallest absolute Gasteiger partial charge is 0.155 e. The molecular formula is C6HCl5OZn. The Kier molecular flexibility index (Phi) is 5.69. The van der Waals surface area contributed by atoms with Crippen molar-refractivity contribution in [3.05, 3.63) is 25.1 Å². The van der Waals surface area contributed by atoms with E-state index in [-0.39, 0.29) is 50.3 Å². The molecule has 0 aliphatic heterocycles. The summed E-state index contributed by atoms with van der Waals surface area (Å²) in [7, 11) is 0. The van der Waals surface area contributed by atoms with Gasteiger partial charge in [-0.2, -0.15) is 0 Å². The number of aromatic hydroxyl groups is 1. The average Bonchev–Trinajstić information content (AvgIpc) is 2.08. The van der Waals surface area contributed by atoms with E-state index in [0.717, 1.165) is 0 Å². The van der Waals surface area contributed by atoms with Crippen molar-refractivity contribution in [1.29, 1.82) is 0 Å². The summed E-state index contributed by atoms with van der Waals surface area (Å²) in [6, 6.07) is 0. The normalized spacial score (nSPS) is 9.62. The summed E-state index contributed by atoms with van der Waals surface area (Å²) in [5, 5.41) is 9.01. The summed E-state index contributed by atoms with van der Waals surface area (Å²) in [4.78, 5) is 0. The molecule has 0 fully saturated rings. The molecule has 1 N–H and O–H groups in total. The first-order valence-corrected chi connectivity index (χ1v) is 4.56. The molecule has 0 atom stereocenters. The van der Waals surface area contributed by atoms with Gasteiger partial charge in [-0.3, -0.25) is 0 Å². The van der Waals surface area contributed by atoms with Crippen LogP contribution in [0.15, 0.2) is 0 Å². The van der Waals surface area contributed by atoms with Crippen molar-refractivity contribution >= 4 is 58.0 Å². The zero-order valence-corrected chi connectivity index (χ0v) is 12.8. The van der Waals surface area contributed by atoms with E-state index >= 15 is 0 Å². The second-order valence-electron chi connectivity index (χ2n) is 1.92. The molecule has 0 radical (unpaired) electrons. The van der Waals surface area contributed by atoms with Gasteiger partial charge in [-0.1, -0.05) is 58.0 Å². The maximum Gasteiger partial charge on any atom is 0.155 e. The Hall–Kier alpha value is 1.09. The third-order valence-electron chi connectivity index (χ3n) is 1.19. The molecule has 1 nitrogen and oxygen atoms in total. The number of hydrogen-bond acceptors (Lipinski definition) is 1. The minimum atomic E-state index is -0.363. The molecule has 1 aromatic rings. The van der Waals surface area contributed by atoms with Crippen LogP contribution in [0.1, 0.15) is 0 Å². The van der Waals surface area contributed by atoms with Gasteiger partial charge in [0.1, 0.15) is 10.0 Å². The maximum absolute atomic E-state index is 9.20. The Balaban J connectivity index is 0.00000144. The maximum atomic E-state index is 9.20. The van der Waals surface area contributed by atoms with E-state index in [9.17, 15) is 5.11 Å². The molecule has 0 saturated carbocycles. The largest absolute Gasteiger partial charge is 0.505 e. The summed E-state index contributed by atoms with van der Waals surface area (Å²) in [6.45, 7) is 0. The Labute approximate surface area is 113 Å². The number of phenols is 1. The van der Waals surface area contributed by atoms with Gasteiger partial charge >= 0.3 is 0 Å². The van der Waals surface area contributed by atoms with E-state index < -0.39 is 0 Å². The van der Waals surface area contributed by atoms with E-state index in [2.05, 4.69) is 0 Å². The minimum Gasteiger partial charge on any atom is -0.505 e. The van der Waals surface area contributed by atoms with Gasteiger partial charge in [0.2, 0.25) is 0 Å². The van der Waals surface area contributed by atoms with Crippen molar-refractivity contribution in [2.45, 2.75) is 0 Å². The van der Waals surface area contributed by atoms with E-state index in [4.69, 9.17) is 58.0 Å². The van der Waals surface area contributed by atoms with Gasteiger partial charge < -0.3 is 5.11 Å². The fraction of sp³-hybridized carbons (Fsp3) is 0. The van der Waals surface area contributed by atoms with Gasteiger partial charge in [0, 0.05) is 19.5 Å². The number of hydrogen-bond donors (Lipinski definition) is 1. The van der Waals surface area contributed by atoms with Crippen molar-refractivity contribution in [2.75, 3.05) is 0 Å². The standard InChI is InChI=1S/C6HCl5O.Zn/c7-1-2(8)4(10)6(12)5(11)3(1)9;/h12H;. The SMILES string of the molecule is Oc1c(Cl)c(Cl)c(Cl)c(Cl)c1Cl.[Zn]. The predicted molar refractivity (Wildman–Crippen MR) is 53.2 cm³/mol. The fourth-order valence-corrected chi connectivity index (χ4v) is 1.72. The zero-order chi connectivity index (χ0) is 9.46. The Morgan fingerprint density at radius 2 is 0.846 bits per heavy atom. The summed E-state index contributed by atoms with van der Waals surface area (Å²) < 4.78 is 0. The van der Waals surface area contributed by atoms with Crippen LogP contribution in [-0.2, 0) is 19.5 Å². The van der Waals surface area contributed by atoms with Crippen LogP contribution in [0.5, 0.6) is 5.75 Å². The van der Waals surface area contributed by atoms with Crippen LogP contribution in [0.4, 0.5) is 0 Å². The topological polar surface area (TPSA) is 20.2 Å². The van der Waals surface area contributed by atoms with E-state index in [0.29, 0.717) is 0 Å². The first kappa shape index (κ1) is 14.1. The van der Waals surface area contributed by atoms with Gasteiger partial charge in [-0.05, 0) is 0 Å². The van der Waals surface area contributed by atoms with E-state index in [1.807, 2.05) is 0 Å². The van der Waals surface area contributed by atoms with Crippen LogP contribution in [0.2, 0.25) is 25.1 Å². The molecule has 1 aromatic carbocycles. The number of rotatable bonds is 0. The van der Waals surface area contributed by atoms with Crippen molar-refractivity contribution < 1.29 is 24.6 Å². The Bertz CT molecular complexity index is 235. The van der Waals surface area contributed by atoms with Crippen LogP contribution in [-0.4, -0.2) is 5.11 Å². The molecule has 0 amide bonds. The van der Waals surface area contributed by atoms with Crippen LogP contribution in [0.25, 0.3) is 0 Å². The first-order valence-electron chi connectivity index (χ1n) is 2.67. The fourth-order valence-electron chi connectivity index (χ4n) is 0.593. The first-order chi connectivity index (χ1) is 5.46. The summed E-state index contributed by atoms with van der Waals surface area (Å²) >= 11 is 27.9. The molecular weight excluding hydrogens is 331 g/mol. The molecule has 0 saturated heterocycles. The molecule has 0 bridgehead atoms. The van der Waals surface area contributed by atoms with Gasteiger partial charge in [0.15, 0.2) is 5.75 Å². The molecule has 0 unspecified atom stereocenters. The second-order valence-corrected chi connectivity index (χ2v) is 3.81. The Morgan fingerprint density at radius 3 is 1.15 bits per heavy atom. The number of halogens is 5. The quantitative estimate of drug-likeness (QED) is 0.416. The van der Waals surface area contributed by atoms with Crippen LogP contribution >= 0.6 is 58.0 Å². The van der Waals surface area contributed by atoms with Crippen molar-refractivity contribution in [2.24, 2.45) is 0 Å². The third kappa shape index (κ3) is 2.56. The van der Waals surface area contributed by atoms with Gasteiger partial charge in [0.25, 0.3) is 0 Å². The second kappa shape index (κ2) is 5.25. The molecule has 0 aliphatic rings. The van der Waals surface area contributed by atoms with Crippen LogP contribution in [0.3, 0.4) is 0 Å². The number of phenolic OH excluding ortho intramolecular Hbond substituents is 1. The monoisotopic (exact) mass is 328 g/mol. The van der Waals surface area contributed by atoms with E-state index in [1.165, 1.54) is 0 Å². The van der Waals surface area contributed by atoms with Crippen LogP contribution in [0, 0.1) is 0 Å². The molecule has 7 heteroatoms. The zero-order valence-electron chi connectivity index (χ0n) is 6.04. The third-order valence-corrected chi connectivity index (χ3v) is 3.44. The van der Waals surface area contributed by atoms with E-state index in [1.54, 1.807) is 0 Å². The summed E-state index contributed by atoms with van der Waals surface area (Å²) in [6.07, 6.45) is 0. The molecule has 1 rings (SSSR count). The average molecular weight is 332 g/mol. The molecule has 13 heavy (non-hydrogen) atoms. The minimum absolute atomic E-state index is 0. The van der Waals surface area contributed by atoms with Crippen molar-refractivity contribution in [1.82, 2.24) is 0 Å². The molecule has 0 aromatic heterocycles. The predicted octanol–water partition coefficient (Wildman–Crippen LogP) is 4.66. The Morgan fingerprint density at radius 1 is 0.615 bits per heavy atom.